The third-order valence-corrected chi connectivity index (χ3v) is 5.07. The van der Waals surface area contributed by atoms with E-state index in [2.05, 4.69) is 5.32 Å². The van der Waals surface area contributed by atoms with Gasteiger partial charge < -0.3 is 16.8 Å². The summed E-state index contributed by atoms with van der Waals surface area (Å²) in [5.74, 6) is -1.37. The summed E-state index contributed by atoms with van der Waals surface area (Å²) < 4.78 is 13.8. The van der Waals surface area contributed by atoms with E-state index in [1.165, 1.54) is 6.07 Å². The van der Waals surface area contributed by atoms with Crippen LogP contribution in [0, 0.1) is 5.82 Å². The molecule has 0 heterocycles. The highest BCUT2D eigenvalue weighted by molar-refractivity contribution is 5.87. The van der Waals surface area contributed by atoms with Crippen molar-refractivity contribution in [1.29, 1.82) is 0 Å². The third-order valence-electron chi connectivity index (χ3n) is 5.07. The first-order chi connectivity index (χ1) is 14.9. The first-order valence-electron chi connectivity index (χ1n) is 10.1. The smallest absolute Gasteiger partial charge is 0.240 e. The molecular weight excluding hydrogens is 393 g/mol. The Bertz CT molecular complexity index is 1020. The Kier molecular flexibility index (Phi) is 7.51. The van der Waals surface area contributed by atoms with Crippen molar-refractivity contribution < 1.29 is 14.0 Å². The van der Waals surface area contributed by atoms with Crippen LogP contribution in [0.4, 0.5) is 4.39 Å². The zero-order chi connectivity index (χ0) is 22.2. The maximum absolute atomic E-state index is 13.8. The molecule has 3 aromatic carbocycles. The van der Waals surface area contributed by atoms with E-state index in [1.54, 1.807) is 18.2 Å². The van der Waals surface area contributed by atoms with Crippen LogP contribution in [0.15, 0.2) is 78.9 Å². The minimum Gasteiger partial charge on any atom is -0.368 e. The molecule has 0 unspecified atom stereocenters. The molecule has 2 atom stereocenters. The molecule has 2 amide bonds. The van der Waals surface area contributed by atoms with Gasteiger partial charge in [0.2, 0.25) is 11.8 Å². The second-order valence-electron chi connectivity index (χ2n) is 7.55. The summed E-state index contributed by atoms with van der Waals surface area (Å²) in [6.07, 6.45) is 0.464. The van der Waals surface area contributed by atoms with Gasteiger partial charge in [-0.2, -0.15) is 0 Å². The Labute approximate surface area is 181 Å². The molecule has 0 radical (unpaired) electrons. The third kappa shape index (κ3) is 6.49. The Morgan fingerprint density at radius 1 is 0.839 bits per heavy atom. The number of carbonyl (C=O) groups excluding carboxylic acids is 2. The summed E-state index contributed by atoms with van der Waals surface area (Å²) in [5, 5.41) is 2.66. The van der Waals surface area contributed by atoms with Crippen molar-refractivity contribution in [3.63, 3.8) is 0 Å². The number of benzene rings is 3. The highest BCUT2D eigenvalue weighted by Crippen LogP contribution is 2.19. The van der Waals surface area contributed by atoms with Gasteiger partial charge in [0.15, 0.2) is 0 Å². The summed E-state index contributed by atoms with van der Waals surface area (Å²) in [6, 6.07) is 22.6. The van der Waals surface area contributed by atoms with Crippen LogP contribution in [0.25, 0.3) is 11.1 Å². The lowest BCUT2D eigenvalue weighted by Crippen LogP contribution is -2.47. The SMILES string of the molecule is NC(=O)[C@@H](Cc1ccc(-c2ccccc2)cc1)NC(=O)C[C@H](N)Cc1ccccc1F. The Morgan fingerprint density at radius 3 is 2.10 bits per heavy atom. The summed E-state index contributed by atoms with van der Waals surface area (Å²) in [5.41, 5.74) is 15.0. The lowest BCUT2D eigenvalue weighted by atomic mass is 10.00. The first kappa shape index (κ1) is 22.2. The Hall–Kier alpha value is -3.51. The number of hydrogen-bond acceptors (Lipinski definition) is 3. The number of nitrogens with one attached hydrogen (secondary N) is 1. The zero-order valence-electron chi connectivity index (χ0n) is 17.1. The van der Waals surface area contributed by atoms with Gasteiger partial charge in [-0.05, 0) is 34.7 Å². The van der Waals surface area contributed by atoms with Gasteiger partial charge in [-0.25, -0.2) is 4.39 Å². The van der Waals surface area contributed by atoms with Crippen molar-refractivity contribution in [2.24, 2.45) is 11.5 Å². The predicted molar refractivity (Wildman–Crippen MR) is 119 cm³/mol. The van der Waals surface area contributed by atoms with Crippen LogP contribution in [0.2, 0.25) is 0 Å². The molecule has 5 N–H and O–H groups in total. The Morgan fingerprint density at radius 2 is 1.45 bits per heavy atom. The molecule has 0 bridgehead atoms. The van der Waals surface area contributed by atoms with Crippen molar-refractivity contribution in [2.75, 3.05) is 0 Å². The van der Waals surface area contributed by atoms with E-state index in [0.29, 0.717) is 5.56 Å². The highest BCUT2D eigenvalue weighted by atomic mass is 19.1. The van der Waals surface area contributed by atoms with Crippen LogP contribution in [0.5, 0.6) is 0 Å². The van der Waals surface area contributed by atoms with E-state index in [-0.39, 0.29) is 25.1 Å². The molecule has 160 valence electrons. The van der Waals surface area contributed by atoms with Crippen LogP contribution < -0.4 is 16.8 Å². The van der Waals surface area contributed by atoms with Gasteiger partial charge in [0, 0.05) is 18.9 Å². The van der Waals surface area contributed by atoms with Crippen LogP contribution in [-0.2, 0) is 22.4 Å². The van der Waals surface area contributed by atoms with Crippen molar-refractivity contribution in [3.05, 3.63) is 95.8 Å². The van der Waals surface area contributed by atoms with Crippen LogP contribution in [-0.4, -0.2) is 23.9 Å². The monoisotopic (exact) mass is 419 g/mol. The molecule has 0 saturated carbocycles. The second kappa shape index (κ2) is 10.5. The van der Waals surface area contributed by atoms with E-state index in [1.807, 2.05) is 54.6 Å². The molecule has 0 saturated heterocycles. The number of hydrogen-bond donors (Lipinski definition) is 3. The van der Waals surface area contributed by atoms with E-state index < -0.39 is 23.9 Å². The summed E-state index contributed by atoms with van der Waals surface area (Å²) in [4.78, 5) is 24.3. The standard InChI is InChI=1S/C25H26FN3O2/c26-22-9-5-4-8-20(22)15-21(27)16-24(30)29-23(25(28)31)14-17-10-12-19(13-11-17)18-6-2-1-3-7-18/h1-13,21,23H,14-16,27H2,(H2,28,31)(H,29,30)/t21-,23-/m1/s1. The van der Waals surface area contributed by atoms with Crippen LogP contribution >= 0.6 is 0 Å². The molecule has 6 heteroatoms. The molecule has 0 aliphatic carbocycles. The quantitative estimate of drug-likeness (QED) is 0.497. The molecule has 0 spiro atoms. The summed E-state index contributed by atoms with van der Waals surface area (Å²) in [6.45, 7) is 0. The molecule has 0 fully saturated rings. The molecule has 0 aliphatic rings. The van der Waals surface area contributed by atoms with Crippen molar-refractivity contribution in [1.82, 2.24) is 5.32 Å². The van der Waals surface area contributed by atoms with Crippen molar-refractivity contribution in [3.8, 4) is 11.1 Å². The minimum atomic E-state index is -0.851. The normalized spacial score (nSPS) is 12.7. The van der Waals surface area contributed by atoms with Gasteiger partial charge in [0.25, 0.3) is 0 Å². The van der Waals surface area contributed by atoms with Crippen molar-refractivity contribution in [2.45, 2.75) is 31.3 Å². The average Bonchev–Trinajstić information content (AvgIpc) is 2.76. The predicted octanol–water partition coefficient (Wildman–Crippen LogP) is 2.97. The second-order valence-corrected chi connectivity index (χ2v) is 7.55. The molecule has 0 aromatic heterocycles. The fraction of sp³-hybridized carbons (Fsp3) is 0.200. The van der Waals surface area contributed by atoms with E-state index in [9.17, 15) is 14.0 Å². The number of halogens is 1. The fourth-order valence-corrected chi connectivity index (χ4v) is 3.43. The zero-order valence-corrected chi connectivity index (χ0v) is 17.1. The van der Waals surface area contributed by atoms with Gasteiger partial charge in [0.1, 0.15) is 11.9 Å². The van der Waals surface area contributed by atoms with E-state index in [0.717, 1.165) is 16.7 Å². The average molecular weight is 420 g/mol. The molecule has 31 heavy (non-hydrogen) atoms. The van der Waals surface area contributed by atoms with Crippen molar-refractivity contribution >= 4 is 11.8 Å². The Balaban J connectivity index is 1.57. The first-order valence-corrected chi connectivity index (χ1v) is 10.1. The lowest BCUT2D eigenvalue weighted by molar-refractivity contribution is -0.127. The summed E-state index contributed by atoms with van der Waals surface area (Å²) >= 11 is 0. The largest absolute Gasteiger partial charge is 0.368 e. The number of amides is 2. The number of nitrogens with two attached hydrogens (primary N) is 2. The molecule has 0 aliphatic heterocycles. The molecule has 5 nitrogen and oxygen atoms in total. The van der Waals surface area contributed by atoms with E-state index >= 15 is 0 Å². The van der Waals surface area contributed by atoms with Gasteiger partial charge >= 0.3 is 0 Å². The highest BCUT2D eigenvalue weighted by Gasteiger charge is 2.20. The maximum atomic E-state index is 13.8. The number of carbonyl (C=O) groups is 2. The van der Waals surface area contributed by atoms with Crippen LogP contribution in [0.1, 0.15) is 17.5 Å². The van der Waals surface area contributed by atoms with Gasteiger partial charge in [0.05, 0.1) is 0 Å². The molecule has 3 rings (SSSR count). The fourth-order valence-electron chi connectivity index (χ4n) is 3.43. The lowest BCUT2D eigenvalue weighted by Gasteiger charge is -2.18. The minimum absolute atomic E-state index is 0.0366. The molecular formula is C25H26FN3O2. The van der Waals surface area contributed by atoms with Gasteiger partial charge in [-0.1, -0.05) is 72.8 Å². The van der Waals surface area contributed by atoms with Gasteiger partial charge in [-0.15, -0.1) is 0 Å². The van der Waals surface area contributed by atoms with Crippen LogP contribution in [0.3, 0.4) is 0 Å². The maximum Gasteiger partial charge on any atom is 0.240 e. The van der Waals surface area contributed by atoms with Gasteiger partial charge in [-0.3, -0.25) is 9.59 Å². The topological polar surface area (TPSA) is 98.2 Å². The van der Waals surface area contributed by atoms with E-state index in [4.69, 9.17) is 11.5 Å². The number of rotatable bonds is 9. The number of primary amides is 1. The molecule has 3 aromatic rings. The summed E-state index contributed by atoms with van der Waals surface area (Å²) in [7, 11) is 0.